The van der Waals surface area contributed by atoms with Crippen LogP contribution in [-0.2, 0) is 4.79 Å². The topological polar surface area (TPSA) is 56.7 Å². The van der Waals surface area contributed by atoms with E-state index in [9.17, 15) is 13.6 Å². The largest absolute Gasteiger partial charge is 0.354 e. The van der Waals surface area contributed by atoms with Crippen molar-refractivity contribution in [1.29, 1.82) is 0 Å². The van der Waals surface area contributed by atoms with E-state index < -0.39 is 11.6 Å². The van der Waals surface area contributed by atoms with Gasteiger partial charge in [0.25, 0.3) is 0 Å². The zero-order valence-electron chi connectivity index (χ0n) is 18.7. The first kappa shape index (κ1) is 25.8. The van der Waals surface area contributed by atoms with Crippen LogP contribution < -0.4 is 10.6 Å². The van der Waals surface area contributed by atoms with Gasteiger partial charge in [-0.05, 0) is 51.2 Å². The minimum atomic E-state index is -0.485. The number of nitrogens with one attached hydrogen (secondary N) is 2. The quantitative estimate of drug-likeness (QED) is 0.302. The fourth-order valence-corrected chi connectivity index (χ4v) is 4.34. The number of likely N-dealkylation sites (tertiary alicyclic amines) is 1. The van der Waals surface area contributed by atoms with Gasteiger partial charge < -0.3 is 15.5 Å². The van der Waals surface area contributed by atoms with E-state index in [-0.39, 0.29) is 59.4 Å². The summed E-state index contributed by atoms with van der Waals surface area (Å²) in [5.74, 6) is -0.0618. The van der Waals surface area contributed by atoms with E-state index in [1.807, 2.05) is 11.8 Å². The molecule has 2 fully saturated rings. The molecule has 1 aromatic rings. The number of aliphatic imine (C=N–C) groups is 1. The normalized spacial score (nSPS) is 21.6. The van der Waals surface area contributed by atoms with E-state index in [0.29, 0.717) is 18.9 Å². The summed E-state index contributed by atoms with van der Waals surface area (Å²) in [7, 11) is 0. The van der Waals surface area contributed by atoms with Gasteiger partial charge in [-0.2, -0.15) is 0 Å². The maximum absolute atomic E-state index is 14.0. The zero-order valence-corrected chi connectivity index (χ0v) is 21.0. The molecule has 3 rings (SSSR count). The summed E-state index contributed by atoms with van der Waals surface area (Å²) in [4.78, 5) is 19.1. The molecule has 0 bridgehead atoms. The second-order valence-corrected chi connectivity index (χ2v) is 8.31. The van der Waals surface area contributed by atoms with E-state index in [0.717, 1.165) is 38.8 Å². The standard InChI is InChI=1S/C23H34F2N4O.HI/c1-4-15(5-2)22(30)29-12-10-16(11-13-29)27-23(26-6-3)28-20-14-17(20)21-18(24)8-7-9-19(21)25;/h7-9,15-17,20H,4-6,10-14H2,1-3H3,(H2,26,27,28);1H. The Morgan fingerprint density at radius 1 is 1.13 bits per heavy atom. The number of guanidine groups is 1. The minimum absolute atomic E-state index is 0. The number of piperidine rings is 1. The molecular weight excluding hydrogens is 513 g/mol. The molecule has 31 heavy (non-hydrogen) atoms. The van der Waals surface area contributed by atoms with Crippen LogP contribution in [0.4, 0.5) is 8.78 Å². The Kier molecular flexibility index (Phi) is 9.96. The highest BCUT2D eigenvalue weighted by atomic mass is 127. The summed E-state index contributed by atoms with van der Waals surface area (Å²) in [6, 6.07) is 4.22. The molecule has 1 saturated carbocycles. The van der Waals surface area contributed by atoms with Gasteiger partial charge in [-0.15, -0.1) is 24.0 Å². The first-order chi connectivity index (χ1) is 14.5. The van der Waals surface area contributed by atoms with Crippen LogP contribution >= 0.6 is 24.0 Å². The van der Waals surface area contributed by atoms with Gasteiger partial charge in [0.1, 0.15) is 11.6 Å². The third-order valence-corrected chi connectivity index (χ3v) is 6.28. The molecule has 174 valence electrons. The van der Waals surface area contributed by atoms with Gasteiger partial charge in [0, 0.05) is 49.1 Å². The highest BCUT2D eigenvalue weighted by molar-refractivity contribution is 14.0. The van der Waals surface area contributed by atoms with Crippen molar-refractivity contribution < 1.29 is 13.6 Å². The Labute approximate surface area is 201 Å². The minimum Gasteiger partial charge on any atom is -0.354 e. The van der Waals surface area contributed by atoms with Crippen LogP contribution in [0.5, 0.6) is 0 Å². The molecule has 0 radical (unpaired) electrons. The van der Waals surface area contributed by atoms with E-state index in [4.69, 9.17) is 0 Å². The number of amides is 1. The molecule has 1 aliphatic heterocycles. The van der Waals surface area contributed by atoms with Crippen LogP contribution in [0.3, 0.4) is 0 Å². The van der Waals surface area contributed by atoms with Gasteiger partial charge in [0.2, 0.25) is 5.91 Å². The lowest BCUT2D eigenvalue weighted by molar-refractivity contribution is -0.136. The van der Waals surface area contributed by atoms with Crippen molar-refractivity contribution in [1.82, 2.24) is 15.5 Å². The lowest BCUT2D eigenvalue weighted by Crippen LogP contribution is -2.51. The third kappa shape index (κ3) is 6.52. The average Bonchev–Trinajstić information content (AvgIpc) is 3.48. The van der Waals surface area contributed by atoms with Crippen LogP contribution in [0.25, 0.3) is 0 Å². The molecule has 1 amide bonds. The lowest BCUT2D eigenvalue weighted by Gasteiger charge is -2.35. The van der Waals surface area contributed by atoms with Crippen molar-refractivity contribution in [2.24, 2.45) is 10.9 Å². The van der Waals surface area contributed by atoms with Gasteiger partial charge in [0.05, 0.1) is 0 Å². The molecular formula is C23H35F2IN4O. The van der Waals surface area contributed by atoms with Crippen molar-refractivity contribution in [2.45, 2.75) is 70.9 Å². The number of hydrogen-bond acceptors (Lipinski definition) is 2. The molecule has 1 heterocycles. The smallest absolute Gasteiger partial charge is 0.225 e. The Morgan fingerprint density at radius 3 is 2.29 bits per heavy atom. The van der Waals surface area contributed by atoms with Crippen molar-refractivity contribution in [3.8, 4) is 0 Å². The van der Waals surface area contributed by atoms with Crippen molar-refractivity contribution in [2.75, 3.05) is 19.6 Å². The van der Waals surface area contributed by atoms with Crippen LogP contribution in [-0.4, -0.2) is 48.5 Å². The number of nitrogens with zero attached hydrogens (tertiary/aromatic N) is 2. The fourth-order valence-electron chi connectivity index (χ4n) is 4.34. The Morgan fingerprint density at radius 2 is 1.74 bits per heavy atom. The van der Waals surface area contributed by atoms with Crippen molar-refractivity contribution >= 4 is 35.8 Å². The van der Waals surface area contributed by atoms with Crippen molar-refractivity contribution in [3.63, 3.8) is 0 Å². The van der Waals surface area contributed by atoms with Gasteiger partial charge in [-0.1, -0.05) is 19.9 Å². The van der Waals surface area contributed by atoms with Crippen LogP contribution in [0.1, 0.15) is 64.4 Å². The van der Waals surface area contributed by atoms with E-state index in [1.54, 1.807) is 0 Å². The maximum atomic E-state index is 14.0. The van der Waals surface area contributed by atoms with E-state index in [1.165, 1.54) is 18.2 Å². The molecule has 2 atom stereocenters. The first-order valence-corrected chi connectivity index (χ1v) is 11.3. The summed E-state index contributed by atoms with van der Waals surface area (Å²) in [6.45, 7) is 8.21. The molecule has 1 saturated heterocycles. The number of carbonyl (C=O) groups excluding carboxylic acids is 1. The average molecular weight is 548 g/mol. The number of hydrogen-bond donors (Lipinski definition) is 2. The zero-order chi connectivity index (χ0) is 21.7. The summed E-state index contributed by atoms with van der Waals surface area (Å²) in [6.07, 6.45) is 4.19. The molecule has 1 aromatic carbocycles. The lowest BCUT2D eigenvalue weighted by atomic mass is 9.98. The molecule has 2 unspecified atom stereocenters. The summed E-state index contributed by atoms with van der Waals surface area (Å²) < 4.78 is 28.1. The Bertz CT molecular complexity index is 744. The van der Waals surface area contributed by atoms with Gasteiger partial charge in [-0.25, -0.2) is 8.78 Å². The maximum Gasteiger partial charge on any atom is 0.225 e. The summed E-state index contributed by atoms with van der Waals surface area (Å²) >= 11 is 0. The highest BCUT2D eigenvalue weighted by Crippen LogP contribution is 2.43. The fraction of sp³-hybridized carbons (Fsp3) is 0.652. The number of carbonyl (C=O) groups is 1. The second kappa shape index (κ2) is 12.0. The molecule has 8 heteroatoms. The summed E-state index contributed by atoms with van der Waals surface area (Å²) in [5.41, 5.74) is 0.166. The molecule has 1 aliphatic carbocycles. The van der Waals surface area contributed by atoms with E-state index >= 15 is 0 Å². The van der Waals surface area contributed by atoms with E-state index in [2.05, 4.69) is 29.5 Å². The first-order valence-electron chi connectivity index (χ1n) is 11.3. The molecule has 0 aromatic heterocycles. The van der Waals surface area contributed by atoms with Gasteiger partial charge >= 0.3 is 0 Å². The predicted octanol–water partition coefficient (Wildman–Crippen LogP) is 4.42. The highest BCUT2D eigenvalue weighted by Gasteiger charge is 2.42. The molecule has 0 spiro atoms. The second-order valence-electron chi connectivity index (χ2n) is 8.31. The van der Waals surface area contributed by atoms with Crippen LogP contribution in [0.2, 0.25) is 0 Å². The monoisotopic (exact) mass is 548 g/mol. The predicted molar refractivity (Wildman–Crippen MR) is 131 cm³/mol. The Balaban J connectivity index is 0.00000341. The molecule has 5 nitrogen and oxygen atoms in total. The molecule has 2 aliphatic rings. The van der Waals surface area contributed by atoms with Crippen LogP contribution in [0.15, 0.2) is 23.2 Å². The third-order valence-electron chi connectivity index (χ3n) is 6.28. The van der Waals surface area contributed by atoms with Gasteiger partial charge in [0.15, 0.2) is 5.96 Å². The molecule has 2 N–H and O–H groups in total. The number of benzene rings is 1. The summed E-state index contributed by atoms with van der Waals surface area (Å²) in [5, 5.41) is 6.80. The Hall–Kier alpha value is -1.45. The SMILES string of the molecule is CCN=C(NC1CCN(C(=O)C(CC)CC)CC1)NC1CC1c1c(F)cccc1F.I. The van der Waals surface area contributed by atoms with Crippen molar-refractivity contribution in [3.05, 3.63) is 35.4 Å². The van der Waals surface area contributed by atoms with Gasteiger partial charge in [-0.3, -0.25) is 9.79 Å². The number of halogens is 3. The number of rotatable bonds is 7. The van der Waals surface area contributed by atoms with Crippen LogP contribution in [0, 0.1) is 17.6 Å².